The van der Waals surface area contributed by atoms with Gasteiger partial charge in [0.2, 0.25) is 0 Å². The third-order valence-corrected chi connectivity index (χ3v) is 2.41. The van der Waals surface area contributed by atoms with Crippen molar-refractivity contribution >= 4 is 5.82 Å². The summed E-state index contributed by atoms with van der Waals surface area (Å²) < 4.78 is 3.26. The molecule has 0 aromatic carbocycles. The molecule has 0 saturated heterocycles. The molecule has 0 radical (unpaired) electrons. The van der Waals surface area contributed by atoms with E-state index >= 15 is 0 Å². The van der Waals surface area contributed by atoms with E-state index in [-0.39, 0.29) is 0 Å². The van der Waals surface area contributed by atoms with Crippen molar-refractivity contribution in [2.24, 2.45) is 14.1 Å². The average Bonchev–Trinajstić information content (AvgIpc) is 2.75. The molecule has 15 heavy (non-hydrogen) atoms. The zero-order valence-corrected chi connectivity index (χ0v) is 8.62. The van der Waals surface area contributed by atoms with Crippen LogP contribution in [-0.2, 0) is 14.1 Å². The fourth-order valence-corrected chi connectivity index (χ4v) is 1.45. The van der Waals surface area contributed by atoms with Crippen LogP contribution >= 0.6 is 0 Å². The van der Waals surface area contributed by atoms with Crippen molar-refractivity contribution in [1.29, 1.82) is 0 Å². The third-order valence-electron chi connectivity index (χ3n) is 2.41. The summed E-state index contributed by atoms with van der Waals surface area (Å²) in [7, 11) is 3.54. The molecule has 2 aromatic rings. The van der Waals surface area contributed by atoms with Crippen LogP contribution in [0.15, 0.2) is 18.6 Å². The van der Waals surface area contributed by atoms with Crippen molar-refractivity contribution < 1.29 is 5.11 Å². The van der Waals surface area contributed by atoms with E-state index in [1.165, 1.54) is 4.68 Å². The number of rotatable bonds is 2. The summed E-state index contributed by atoms with van der Waals surface area (Å²) in [4.78, 5) is 4.06. The van der Waals surface area contributed by atoms with E-state index in [9.17, 15) is 5.11 Å². The molecule has 6 heteroatoms. The predicted octanol–water partition coefficient (Wildman–Crippen LogP) is -0.183. The van der Waals surface area contributed by atoms with Crippen LogP contribution in [-0.4, -0.2) is 24.4 Å². The zero-order chi connectivity index (χ0) is 11.0. The monoisotopic (exact) mass is 207 g/mol. The van der Waals surface area contributed by atoms with E-state index in [4.69, 9.17) is 5.73 Å². The first kappa shape index (κ1) is 9.72. The number of imidazole rings is 1. The molecule has 3 N–H and O–H groups in total. The van der Waals surface area contributed by atoms with E-state index in [0.29, 0.717) is 17.2 Å². The minimum absolute atomic E-state index is 0.450. The normalized spacial score (nSPS) is 13.0. The van der Waals surface area contributed by atoms with Crippen LogP contribution < -0.4 is 5.73 Å². The summed E-state index contributed by atoms with van der Waals surface area (Å²) in [6.07, 6.45) is 4.11. The van der Waals surface area contributed by atoms with Crippen molar-refractivity contribution in [2.75, 3.05) is 5.73 Å². The second-order valence-corrected chi connectivity index (χ2v) is 3.41. The molecule has 0 bridgehead atoms. The minimum atomic E-state index is -0.835. The molecule has 0 aliphatic rings. The summed E-state index contributed by atoms with van der Waals surface area (Å²) in [6.45, 7) is 0. The fourth-order valence-electron chi connectivity index (χ4n) is 1.45. The second kappa shape index (κ2) is 3.39. The second-order valence-electron chi connectivity index (χ2n) is 3.41. The van der Waals surface area contributed by atoms with Gasteiger partial charge in [0.15, 0.2) is 0 Å². The van der Waals surface area contributed by atoms with Crippen molar-refractivity contribution in [3.05, 3.63) is 30.0 Å². The van der Waals surface area contributed by atoms with Crippen molar-refractivity contribution in [3.8, 4) is 0 Å². The van der Waals surface area contributed by atoms with Gasteiger partial charge in [-0.25, -0.2) is 4.98 Å². The molecule has 1 unspecified atom stereocenters. The Morgan fingerprint density at radius 2 is 2.20 bits per heavy atom. The molecule has 6 nitrogen and oxygen atoms in total. The summed E-state index contributed by atoms with van der Waals surface area (Å²) in [6, 6.07) is 0. The van der Waals surface area contributed by atoms with Crippen LogP contribution in [0.2, 0.25) is 0 Å². The van der Waals surface area contributed by atoms with Gasteiger partial charge in [0.1, 0.15) is 17.7 Å². The van der Waals surface area contributed by atoms with Crippen LogP contribution in [0.4, 0.5) is 5.82 Å². The van der Waals surface area contributed by atoms with E-state index < -0.39 is 6.10 Å². The molecule has 0 spiro atoms. The molecule has 0 aliphatic heterocycles. The molecule has 2 aromatic heterocycles. The molecular weight excluding hydrogens is 194 g/mol. The number of nitrogen functional groups attached to an aromatic ring is 1. The maximum atomic E-state index is 10.0. The first-order valence-electron chi connectivity index (χ1n) is 4.54. The van der Waals surface area contributed by atoms with Crippen LogP contribution in [0.3, 0.4) is 0 Å². The number of hydrogen-bond acceptors (Lipinski definition) is 4. The first-order valence-corrected chi connectivity index (χ1v) is 4.54. The number of aliphatic hydroxyl groups is 1. The lowest BCUT2D eigenvalue weighted by molar-refractivity contribution is 0.207. The topological polar surface area (TPSA) is 81.9 Å². The quantitative estimate of drug-likeness (QED) is 0.715. The van der Waals surface area contributed by atoms with Gasteiger partial charge in [0, 0.05) is 32.1 Å². The van der Waals surface area contributed by atoms with Crippen molar-refractivity contribution in [3.63, 3.8) is 0 Å². The highest BCUT2D eigenvalue weighted by Crippen LogP contribution is 2.24. The van der Waals surface area contributed by atoms with Crippen LogP contribution in [0.25, 0.3) is 0 Å². The van der Waals surface area contributed by atoms with Gasteiger partial charge in [-0.1, -0.05) is 0 Å². The number of hydrogen-bond donors (Lipinski definition) is 2. The maximum absolute atomic E-state index is 10.0. The fraction of sp³-hybridized carbons (Fsp3) is 0.333. The number of aromatic nitrogens is 4. The Kier molecular flexibility index (Phi) is 2.20. The van der Waals surface area contributed by atoms with Gasteiger partial charge in [0.05, 0.1) is 6.20 Å². The lowest BCUT2D eigenvalue weighted by Crippen LogP contribution is -2.09. The van der Waals surface area contributed by atoms with Gasteiger partial charge in [0.25, 0.3) is 0 Å². The highest BCUT2D eigenvalue weighted by atomic mass is 16.3. The highest BCUT2D eigenvalue weighted by Gasteiger charge is 2.19. The molecule has 1 atom stereocenters. The number of nitrogens with two attached hydrogens (primary N) is 1. The van der Waals surface area contributed by atoms with E-state index in [0.717, 1.165) is 0 Å². The Hall–Kier alpha value is -1.82. The minimum Gasteiger partial charge on any atom is -0.384 e. The van der Waals surface area contributed by atoms with E-state index in [2.05, 4.69) is 10.1 Å². The predicted molar refractivity (Wildman–Crippen MR) is 54.9 cm³/mol. The van der Waals surface area contributed by atoms with Crippen LogP contribution in [0, 0.1) is 0 Å². The van der Waals surface area contributed by atoms with E-state index in [1.807, 2.05) is 7.05 Å². The molecular formula is C9H13N5O. The Morgan fingerprint density at radius 3 is 2.67 bits per heavy atom. The standard InChI is InChI=1S/C9H13N5O/c1-13-4-3-11-9(13)7(15)6-5-12-14(2)8(6)10/h3-5,7,15H,10H2,1-2H3. The number of nitrogens with zero attached hydrogens (tertiary/aromatic N) is 4. The van der Waals surface area contributed by atoms with Gasteiger partial charge in [-0.2, -0.15) is 5.10 Å². The summed E-state index contributed by atoms with van der Waals surface area (Å²) in [5, 5.41) is 14.0. The average molecular weight is 207 g/mol. The number of aryl methyl sites for hydroxylation is 2. The Bertz CT molecular complexity index is 473. The smallest absolute Gasteiger partial charge is 0.142 e. The molecule has 0 saturated carbocycles. The van der Waals surface area contributed by atoms with Crippen LogP contribution in [0.5, 0.6) is 0 Å². The largest absolute Gasteiger partial charge is 0.384 e. The third kappa shape index (κ3) is 1.48. The van der Waals surface area contributed by atoms with Crippen molar-refractivity contribution in [2.45, 2.75) is 6.10 Å². The number of anilines is 1. The number of aliphatic hydroxyl groups excluding tert-OH is 1. The Balaban J connectivity index is 2.41. The van der Waals surface area contributed by atoms with Gasteiger partial charge >= 0.3 is 0 Å². The van der Waals surface area contributed by atoms with Gasteiger partial charge < -0.3 is 15.4 Å². The molecule has 80 valence electrons. The van der Waals surface area contributed by atoms with Gasteiger partial charge in [-0.05, 0) is 0 Å². The summed E-state index contributed by atoms with van der Waals surface area (Å²) >= 11 is 0. The summed E-state index contributed by atoms with van der Waals surface area (Å²) in [5.74, 6) is 1.00. The zero-order valence-electron chi connectivity index (χ0n) is 8.62. The maximum Gasteiger partial charge on any atom is 0.142 e. The lowest BCUT2D eigenvalue weighted by Gasteiger charge is -2.09. The molecule has 0 amide bonds. The van der Waals surface area contributed by atoms with Crippen molar-refractivity contribution in [1.82, 2.24) is 19.3 Å². The van der Waals surface area contributed by atoms with Crippen LogP contribution in [0.1, 0.15) is 17.5 Å². The van der Waals surface area contributed by atoms with E-state index in [1.54, 1.807) is 30.2 Å². The molecule has 2 rings (SSSR count). The van der Waals surface area contributed by atoms with Gasteiger partial charge in [-0.15, -0.1) is 0 Å². The molecule has 2 heterocycles. The molecule has 0 aliphatic carbocycles. The summed E-state index contributed by atoms with van der Waals surface area (Å²) in [5.41, 5.74) is 6.34. The Labute approximate surface area is 87.0 Å². The highest BCUT2D eigenvalue weighted by molar-refractivity contribution is 5.42. The SMILES string of the molecule is Cn1ccnc1C(O)c1cnn(C)c1N. The van der Waals surface area contributed by atoms with Gasteiger partial charge in [-0.3, -0.25) is 4.68 Å². The molecule has 0 fully saturated rings. The first-order chi connectivity index (χ1) is 7.11. The Morgan fingerprint density at radius 1 is 1.47 bits per heavy atom. The lowest BCUT2D eigenvalue weighted by atomic mass is 10.2.